The summed E-state index contributed by atoms with van der Waals surface area (Å²) in [6.07, 6.45) is 2.73. The number of hydrogen-bond acceptors (Lipinski definition) is 2. The maximum atomic E-state index is 9.85. The summed E-state index contributed by atoms with van der Waals surface area (Å²) in [4.78, 5) is 12.1. The van der Waals surface area contributed by atoms with E-state index in [-0.39, 0.29) is 23.7 Å². The summed E-state index contributed by atoms with van der Waals surface area (Å²) >= 11 is 0. The average Bonchev–Trinajstić information content (AvgIpc) is 1.86. The number of aromatic amines is 1. The van der Waals surface area contributed by atoms with Gasteiger partial charge >= 0.3 is 29.4 Å². The van der Waals surface area contributed by atoms with Crippen LogP contribution in [0.1, 0.15) is 0 Å². The van der Waals surface area contributed by atoms with E-state index in [1.165, 1.54) is 12.5 Å². The van der Waals surface area contributed by atoms with Gasteiger partial charge in [0, 0.05) is 6.20 Å². The van der Waals surface area contributed by atoms with Gasteiger partial charge in [-0.2, -0.15) is 0 Å². The van der Waals surface area contributed by atoms with Gasteiger partial charge in [-0.25, -0.2) is 4.79 Å². The molecule has 0 saturated carbocycles. The number of rotatable bonds is 0. The van der Waals surface area contributed by atoms with Crippen LogP contribution in [0, 0.1) is 0 Å². The Morgan fingerprint density at radius 2 is 2.43 bits per heavy atom. The molecule has 0 saturated heterocycles. The van der Waals surface area contributed by atoms with E-state index in [2.05, 4.69) is 9.40 Å². The average molecular weight is 215 g/mol. The minimum atomic E-state index is -0.407. The van der Waals surface area contributed by atoms with Crippen molar-refractivity contribution in [3.63, 3.8) is 0 Å². The monoisotopic (exact) mass is 217 g/mol. The summed E-state index contributed by atoms with van der Waals surface area (Å²) in [7, 11) is 0. The van der Waals surface area contributed by atoms with Crippen molar-refractivity contribution < 1.29 is 4.42 Å². The number of H-pyrrole nitrogens is 1. The molecule has 1 aromatic heterocycles. The Morgan fingerprint density at radius 1 is 1.71 bits per heavy atom. The summed E-state index contributed by atoms with van der Waals surface area (Å²) in [5.41, 5.74) is 0. The molecule has 0 bridgehead atoms. The summed E-state index contributed by atoms with van der Waals surface area (Å²) in [6.45, 7) is 0. The maximum absolute atomic E-state index is 9.85. The Morgan fingerprint density at radius 3 is 2.57 bits per heavy atom. The normalized spacial score (nSPS) is 7.43. The van der Waals surface area contributed by atoms with Gasteiger partial charge in [-0.1, -0.05) is 0 Å². The molecule has 1 rings (SSSR count). The van der Waals surface area contributed by atoms with Crippen LogP contribution in [0.25, 0.3) is 0 Å². The predicted molar refractivity (Wildman–Crippen MR) is 27.9 cm³/mol. The van der Waals surface area contributed by atoms with Crippen molar-refractivity contribution in [1.82, 2.24) is 4.98 Å². The number of hydrogen-bond donors (Lipinski definition) is 1. The zero-order valence-corrected chi connectivity index (χ0v) is 6.33. The first kappa shape index (κ1) is 6.80. The minimum absolute atomic E-state index is 0. The molecule has 0 aliphatic heterocycles. The number of oxazole rings is 1. The zero-order valence-electron chi connectivity index (χ0n) is 3.47. The molecule has 1 heterocycles. The van der Waals surface area contributed by atoms with Crippen LogP contribution in [0.15, 0.2) is 21.7 Å². The second-order valence-electron chi connectivity index (χ2n) is 0.852. The van der Waals surface area contributed by atoms with Gasteiger partial charge in [0.15, 0.2) is 0 Å². The Kier molecular flexibility index (Phi) is 2.81. The summed E-state index contributed by atoms with van der Waals surface area (Å²) < 4.78 is 4.22. The predicted octanol–water partition coefficient (Wildman–Crippen LogP) is -0.948. The zero-order chi connectivity index (χ0) is 4.41. The molecule has 0 spiro atoms. The molecular formula is C3H5NO2Te. The van der Waals surface area contributed by atoms with Crippen LogP contribution >= 0.6 is 0 Å². The van der Waals surface area contributed by atoms with Crippen LogP contribution in [0.3, 0.4) is 0 Å². The number of aromatic nitrogens is 1. The van der Waals surface area contributed by atoms with Gasteiger partial charge in [0.1, 0.15) is 6.26 Å². The van der Waals surface area contributed by atoms with Crippen LogP contribution in [0.2, 0.25) is 0 Å². The van der Waals surface area contributed by atoms with Gasteiger partial charge < -0.3 is 4.42 Å². The third-order valence-corrected chi connectivity index (χ3v) is 0.444. The fraction of sp³-hybridized carbons (Fsp3) is 0. The molecular weight excluding hydrogens is 210 g/mol. The SMILES string of the molecule is O=c1[nH]cco1.[TeH2]. The first-order chi connectivity index (χ1) is 2.89. The second-order valence-corrected chi connectivity index (χ2v) is 0.852. The van der Waals surface area contributed by atoms with Gasteiger partial charge in [-0.3, -0.25) is 4.98 Å². The Bertz CT molecular complexity index is 151. The third kappa shape index (κ3) is 1.81. The molecule has 1 aromatic rings. The third-order valence-electron chi connectivity index (χ3n) is 0.444. The molecule has 1 N–H and O–H groups in total. The Balaban J connectivity index is 0.000000360. The van der Waals surface area contributed by atoms with Gasteiger partial charge in [0.25, 0.3) is 0 Å². The molecule has 0 amide bonds. The van der Waals surface area contributed by atoms with Crippen molar-refractivity contribution >= 4 is 23.7 Å². The van der Waals surface area contributed by atoms with Crippen LogP contribution in [-0.4, -0.2) is 28.7 Å². The summed E-state index contributed by atoms with van der Waals surface area (Å²) in [6, 6.07) is 0. The quantitative estimate of drug-likeness (QED) is 0.567. The summed E-state index contributed by atoms with van der Waals surface area (Å²) in [5.74, 6) is -0.407. The second kappa shape index (κ2) is 2.89. The molecule has 0 radical (unpaired) electrons. The van der Waals surface area contributed by atoms with E-state index in [4.69, 9.17) is 0 Å². The molecule has 40 valence electrons. The Hall–Kier alpha value is -0.200. The van der Waals surface area contributed by atoms with Crippen molar-refractivity contribution in [1.29, 1.82) is 0 Å². The van der Waals surface area contributed by atoms with Crippen molar-refractivity contribution in [2.24, 2.45) is 0 Å². The first-order valence-electron chi connectivity index (χ1n) is 1.52. The van der Waals surface area contributed by atoms with Crippen molar-refractivity contribution in [2.75, 3.05) is 0 Å². The summed E-state index contributed by atoms with van der Waals surface area (Å²) in [5, 5.41) is 0. The van der Waals surface area contributed by atoms with Crippen molar-refractivity contribution in [2.45, 2.75) is 0 Å². The molecule has 0 aliphatic carbocycles. The van der Waals surface area contributed by atoms with E-state index in [0.29, 0.717) is 0 Å². The topological polar surface area (TPSA) is 46.0 Å². The van der Waals surface area contributed by atoms with E-state index >= 15 is 0 Å². The Labute approximate surface area is 56.5 Å². The first-order valence-corrected chi connectivity index (χ1v) is 1.52. The van der Waals surface area contributed by atoms with Gasteiger partial charge in [-0.05, 0) is 0 Å². The van der Waals surface area contributed by atoms with Crippen molar-refractivity contribution in [3.8, 4) is 0 Å². The van der Waals surface area contributed by atoms with E-state index < -0.39 is 5.76 Å². The van der Waals surface area contributed by atoms with E-state index in [1.807, 2.05) is 0 Å². The standard InChI is InChI=1S/C3H3NO2.H2Te/c5-3-4-1-2-6-3;/h1-2H,(H,4,5);1H2. The molecule has 4 heteroatoms. The van der Waals surface area contributed by atoms with Crippen molar-refractivity contribution in [3.05, 3.63) is 23.0 Å². The van der Waals surface area contributed by atoms with Gasteiger partial charge in [-0.15, -0.1) is 0 Å². The van der Waals surface area contributed by atoms with Crippen LogP contribution in [0.4, 0.5) is 0 Å². The van der Waals surface area contributed by atoms with Gasteiger partial charge in [0.05, 0.1) is 0 Å². The molecule has 0 unspecified atom stereocenters. The molecule has 0 aromatic carbocycles. The molecule has 0 fully saturated rings. The fourth-order valence-corrected chi connectivity index (χ4v) is 0.232. The van der Waals surface area contributed by atoms with Crippen LogP contribution in [-0.2, 0) is 0 Å². The molecule has 0 atom stereocenters. The fourth-order valence-electron chi connectivity index (χ4n) is 0.232. The molecule has 7 heavy (non-hydrogen) atoms. The van der Waals surface area contributed by atoms with E-state index in [1.54, 1.807) is 0 Å². The van der Waals surface area contributed by atoms with E-state index in [0.717, 1.165) is 0 Å². The van der Waals surface area contributed by atoms with Gasteiger partial charge in [0.2, 0.25) is 0 Å². The molecule has 0 aliphatic rings. The van der Waals surface area contributed by atoms with Crippen LogP contribution in [0.5, 0.6) is 0 Å². The van der Waals surface area contributed by atoms with E-state index in [9.17, 15) is 4.79 Å². The number of nitrogens with one attached hydrogen (secondary N) is 1. The molecule has 3 nitrogen and oxygen atoms in total. The van der Waals surface area contributed by atoms with Crippen LogP contribution < -0.4 is 5.76 Å².